The average Bonchev–Trinajstić information content (AvgIpc) is 2.94. The van der Waals surface area contributed by atoms with Crippen molar-refractivity contribution < 1.29 is 0 Å². The summed E-state index contributed by atoms with van der Waals surface area (Å²) in [6.45, 7) is 6.48. The van der Waals surface area contributed by atoms with Crippen LogP contribution in [0.2, 0.25) is 0 Å². The fourth-order valence-corrected chi connectivity index (χ4v) is 4.50. The molecule has 0 spiro atoms. The molecule has 1 unspecified atom stereocenters. The summed E-state index contributed by atoms with van der Waals surface area (Å²) >= 11 is 0. The van der Waals surface area contributed by atoms with Crippen LogP contribution in [0.4, 0.5) is 0 Å². The molecule has 0 aromatic carbocycles. The van der Waals surface area contributed by atoms with Crippen molar-refractivity contribution in [2.24, 2.45) is 11.8 Å². The normalized spacial score (nSPS) is 23.0. The lowest BCUT2D eigenvalue weighted by Crippen LogP contribution is -2.36. The Balaban J connectivity index is 1.25. The third-order valence-corrected chi connectivity index (χ3v) is 5.96. The molecule has 2 aliphatic heterocycles. The quantitative estimate of drug-likeness (QED) is 0.893. The predicted molar refractivity (Wildman–Crippen MR) is 102 cm³/mol. The first-order chi connectivity index (χ1) is 12.9. The Morgan fingerprint density at radius 2 is 1.92 bits per heavy atom. The van der Waals surface area contributed by atoms with Gasteiger partial charge in [0.1, 0.15) is 0 Å². The maximum absolute atomic E-state index is 4.37. The molecule has 140 valence electrons. The van der Waals surface area contributed by atoms with Crippen LogP contribution in [0.5, 0.6) is 0 Å². The minimum atomic E-state index is 0.735. The molecule has 2 saturated heterocycles. The Bertz CT molecular complexity index is 654. The molecule has 0 bridgehead atoms. The van der Waals surface area contributed by atoms with Gasteiger partial charge in [0, 0.05) is 18.9 Å². The lowest BCUT2D eigenvalue weighted by atomic mass is 9.80. The maximum atomic E-state index is 4.37. The zero-order valence-corrected chi connectivity index (χ0v) is 15.6. The maximum Gasteiger partial charge on any atom is 0.0967 e. The van der Waals surface area contributed by atoms with Crippen molar-refractivity contribution in [3.05, 3.63) is 42.0 Å². The second-order valence-corrected chi connectivity index (χ2v) is 7.82. The van der Waals surface area contributed by atoms with E-state index in [4.69, 9.17) is 0 Å². The van der Waals surface area contributed by atoms with Crippen LogP contribution in [0, 0.1) is 11.8 Å². The number of nitrogens with one attached hydrogen (secondary N) is 1. The molecule has 2 aromatic rings. The van der Waals surface area contributed by atoms with E-state index in [2.05, 4.69) is 37.8 Å². The van der Waals surface area contributed by atoms with E-state index in [9.17, 15) is 0 Å². The number of rotatable bonds is 5. The molecule has 4 rings (SSSR count). The van der Waals surface area contributed by atoms with Crippen LogP contribution in [-0.4, -0.2) is 51.1 Å². The van der Waals surface area contributed by atoms with Crippen LogP contribution >= 0.6 is 0 Å². The Labute approximate surface area is 156 Å². The van der Waals surface area contributed by atoms with Gasteiger partial charge in [0.2, 0.25) is 0 Å². The van der Waals surface area contributed by atoms with E-state index >= 15 is 0 Å². The Morgan fingerprint density at radius 1 is 1.04 bits per heavy atom. The first-order valence-corrected chi connectivity index (χ1v) is 10.1. The highest BCUT2D eigenvalue weighted by molar-refractivity contribution is 5.09. The molecule has 6 heteroatoms. The number of hydrogen-bond acceptors (Lipinski definition) is 5. The Hall–Kier alpha value is -1.79. The van der Waals surface area contributed by atoms with Gasteiger partial charge in [-0.15, -0.1) is 5.10 Å². The van der Waals surface area contributed by atoms with Crippen molar-refractivity contribution in [3.8, 4) is 0 Å². The summed E-state index contributed by atoms with van der Waals surface area (Å²) in [5, 5.41) is 12.2. The summed E-state index contributed by atoms with van der Waals surface area (Å²) in [5.41, 5.74) is 2.23. The number of pyridine rings is 1. The number of likely N-dealkylation sites (tertiary alicyclic amines) is 1. The second kappa shape index (κ2) is 8.73. The topological polar surface area (TPSA) is 58.9 Å². The first kappa shape index (κ1) is 17.6. The first-order valence-electron chi connectivity index (χ1n) is 10.1. The molecule has 2 aliphatic rings. The van der Waals surface area contributed by atoms with E-state index in [1.54, 1.807) is 6.20 Å². The second-order valence-electron chi connectivity index (χ2n) is 7.82. The van der Waals surface area contributed by atoms with Crippen molar-refractivity contribution in [1.82, 2.24) is 30.2 Å². The third-order valence-electron chi connectivity index (χ3n) is 5.96. The van der Waals surface area contributed by atoms with Crippen LogP contribution in [0.1, 0.15) is 43.4 Å². The standard InChI is InChI=1S/C20H30N6/c1-3-17(13-22-9-1)14-26-16-20(23-24-26)15-25-11-6-19(7-12-25)18-4-2-8-21-10-5-18/h1,3,9,13,16,18-19,21H,2,4-8,10-12,14-15H2. The van der Waals surface area contributed by atoms with Crippen molar-refractivity contribution >= 4 is 0 Å². The van der Waals surface area contributed by atoms with Crippen molar-refractivity contribution in [1.29, 1.82) is 0 Å². The van der Waals surface area contributed by atoms with Crippen molar-refractivity contribution in [3.63, 3.8) is 0 Å². The van der Waals surface area contributed by atoms with Crippen LogP contribution < -0.4 is 5.32 Å². The van der Waals surface area contributed by atoms with Crippen molar-refractivity contribution in [2.75, 3.05) is 26.2 Å². The summed E-state index contributed by atoms with van der Waals surface area (Å²) in [7, 11) is 0. The van der Waals surface area contributed by atoms with Crippen LogP contribution in [0.25, 0.3) is 0 Å². The lowest BCUT2D eigenvalue weighted by molar-refractivity contribution is 0.134. The highest BCUT2D eigenvalue weighted by atomic mass is 15.4. The molecule has 4 heterocycles. The fourth-order valence-electron chi connectivity index (χ4n) is 4.50. The third kappa shape index (κ3) is 4.68. The van der Waals surface area contributed by atoms with E-state index in [1.165, 1.54) is 58.3 Å². The van der Waals surface area contributed by atoms with Gasteiger partial charge in [0.15, 0.2) is 0 Å². The monoisotopic (exact) mass is 354 g/mol. The van der Waals surface area contributed by atoms with E-state index in [-0.39, 0.29) is 0 Å². The fraction of sp³-hybridized carbons (Fsp3) is 0.650. The minimum Gasteiger partial charge on any atom is -0.317 e. The van der Waals surface area contributed by atoms with Gasteiger partial charge in [-0.3, -0.25) is 9.88 Å². The van der Waals surface area contributed by atoms with Gasteiger partial charge in [0.05, 0.1) is 18.4 Å². The van der Waals surface area contributed by atoms with E-state index < -0.39 is 0 Å². The molecule has 0 aliphatic carbocycles. The highest BCUT2D eigenvalue weighted by Gasteiger charge is 2.27. The van der Waals surface area contributed by atoms with Gasteiger partial charge in [-0.05, 0) is 81.7 Å². The Kier molecular flexibility index (Phi) is 5.92. The van der Waals surface area contributed by atoms with Gasteiger partial charge < -0.3 is 5.32 Å². The molecule has 1 N–H and O–H groups in total. The van der Waals surface area contributed by atoms with Crippen LogP contribution in [0.15, 0.2) is 30.7 Å². The summed E-state index contributed by atoms with van der Waals surface area (Å²) in [6.07, 6.45) is 12.6. The lowest BCUT2D eigenvalue weighted by Gasteiger charge is -2.35. The molecule has 1 atom stereocenters. The predicted octanol–water partition coefficient (Wildman–Crippen LogP) is 2.32. The molecule has 2 fully saturated rings. The van der Waals surface area contributed by atoms with E-state index in [1.807, 2.05) is 16.9 Å². The number of nitrogens with zero attached hydrogens (tertiary/aromatic N) is 5. The molecule has 2 aromatic heterocycles. The molecular weight excluding hydrogens is 324 g/mol. The largest absolute Gasteiger partial charge is 0.317 e. The Morgan fingerprint density at radius 3 is 2.77 bits per heavy atom. The van der Waals surface area contributed by atoms with Crippen LogP contribution in [-0.2, 0) is 13.1 Å². The van der Waals surface area contributed by atoms with Crippen molar-refractivity contribution in [2.45, 2.75) is 45.2 Å². The number of hydrogen-bond donors (Lipinski definition) is 1. The zero-order valence-electron chi connectivity index (χ0n) is 15.6. The highest BCUT2D eigenvalue weighted by Crippen LogP contribution is 2.31. The summed E-state index contributed by atoms with van der Waals surface area (Å²) in [5.74, 6) is 1.86. The number of aromatic nitrogens is 4. The van der Waals surface area contributed by atoms with Gasteiger partial charge in [0.25, 0.3) is 0 Å². The minimum absolute atomic E-state index is 0.735. The van der Waals surface area contributed by atoms with E-state index in [0.29, 0.717) is 0 Å². The van der Waals surface area contributed by atoms with Gasteiger partial charge in [-0.1, -0.05) is 11.3 Å². The average molecular weight is 355 g/mol. The van der Waals surface area contributed by atoms with Gasteiger partial charge in [-0.25, -0.2) is 4.68 Å². The SMILES string of the molecule is c1cncc(Cn2cc(CN3CCC(C4CCCNCC4)CC3)nn2)c1. The van der Waals surface area contributed by atoms with Gasteiger partial charge >= 0.3 is 0 Å². The summed E-state index contributed by atoms with van der Waals surface area (Å²) in [4.78, 5) is 6.70. The molecule has 26 heavy (non-hydrogen) atoms. The van der Waals surface area contributed by atoms with E-state index in [0.717, 1.165) is 36.2 Å². The molecule has 0 radical (unpaired) electrons. The molecular formula is C20H30N6. The molecule has 0 saturated carbocycles. The summed E-state index contributed by atoms with van der Waals surface area (Å²) in [6, 6.07) is 4.03. The summed E-state index contributed by atoms with van der Waals surface area (Å²) < 4.78 is 1.91. The van der Waals surface area contributed by atoms with Gasteiger partial charge in [-0.2, -0.15) is 0 Å². The van der Waals surface area contributed by atoms with Crippen LogP contribution in [0.3, 0.4) is 0 Å². The molecule has 0 amide bonds. The number of piperidine rings is 1. The zero-order chi connectivity index (χ0) is 17.6. The smallest absolute Gasteiger partial charge is 0.0967 e. The molecule has 6 nitrogen and oxygen atoms in total.